The molecule has 0 bridgehead atoms. The molecule has 230 valence electrons. The summed E-state index contributed by atoms with van der Waals surface area (Å²) < 4.78 is 6.79. The van der Waals surface area contributed by atoms with Gasteiger partial charge in [0.05, 0.1) is 41.3 Å². The summed E-state index contributed by atoms with van der Waals surface area (Å²) in [6.45, 7) is 0.607. The highest BCUT2D eigenvalue weighted by atomic mass is 35.5. The van der Waals surface area contributed by atoms with Crippen molar-refractivity contribution in [2.24, 2.45) is 11.8 Å². The summed E-state index contributed by atoms with van der Waals surface area (Å²) in [5.74, 6) is -2.74. The number of anilines is 1. The second kappa shape index (κ2) is 11.9. The Bertz CT molecular complexity index is 1660. The second-order valence-electron chi connectivity index (χ2n) is 12.0. The van der Waals surface area contributed by atoms with Crippen molar-refractivity contribution in [1.29, 1.82) is 0 Å². The Morgan fingerprint density at radius 1 is 0.844 bits per heavy atom. The van der Waals surface area contributed by atoms with E-state index in [4.69, 9.17) is 16.3 Å². The molecule has 45 heavy (non-hydrogen) atoms. The van der Waals surface area contributed by atoms with Crippen molar-refractivity contribution in [2.45, 2.75) is 36.8 Å². The van der Waals surface area contributed by atoms with Crippen LogP contribution in [0.15, 0.2) is 109 Å². The van der Waals surface area contributed by atoms with Crippen LogP contribution in [0.1, 0.15) is 11.1 Å². The number of hydrogen-bond donors (Lipinski definition) is 1. The molecule has 4 aliphatic heterocycles. The molecule has 2 fully saturated rings. The Hall–Kier alpha value is -4.24. The molecular weight excluding hydrogens is 590 g/mol. The number of benzene rings is 3. The molecule has 3 amide bonds. The molecule has 0 aliphatic carbocycles. The predicted octanol–water partition coefficient (Wildman–Crippen LogP) is 4.03. The average molecular weight is 624 g/mol. The molecule has 0 saturated carbocycles. The number of rotatable bonds is 7. The van der Waals surface area contributed by atoms with Gasteiger partial charge >= 0.3 is 0 Å². The Labute approximate surface area is 267 Å². The zero-order chi connectivity index (χ0) is 31.1. The SMILES string of the molecule is O=C1[C@@H]2[C@H]3C(=O)N([C@@H](CO)Cc4ccccc4)C4C(=O)N(c5ccccc5Cl)CC=C[C@@]43O[C@@H]2C=CCN1Cc1ccccc1. The van der Waals surface area contributed by atoms with Crippen molar-refractivity contribution >= 4 is 35.0 Å². The number of carbonyl (C=O) groups is 3. The zero-order valence-electron chi connectivity index (χ0n) is 24.6. The van der Waals surface area contributed by atoms with Gasteiger partial charge in [0.15, 0.2) is 0 Å². The number of aliphatic hydroxyl groups excluding tert-OH is 1. The lowest BCUT2D eigenvalue weighted by molar-refractivity contribution is -0.147. The number of ether oxygens (including phenoxy) is 1. The molecule has 4 aliphatic rings. The molecule has 0 aromatic heterocycles. The first-order chi connectivity index (χ1) is 21.9. The van der Waals surface area contributed by atoms with E-state index in [9.17, 15) is 19.5 Å². The smallest absolute Gasteiger partial charge is 0.253 e. The van der Waals surface area contributed by atoms with Gasteiger partial charge in [-0.2, -0.15) is 0 Å². The number of halogens is 1. The van der Waals surface area contributed by atoms with Gasteiger partial charge in [-0.1, -0.05) is 109 Å². The van der Waals surface area contributed by atoms with Crippen molar-refractivity contribution in [1.82, 2.24) is 9.80 Å². The lowest BCUT2D eigenvalue weighted by Crippen LogP contribution is -2.58. The van der Waals surface area contributed by atoms with Crippen LogP contribution in [-0.2, 0) is 32.1 Å². The van der Waals surface area contributed by atoms with E-state index in [2.05, 4.69) is 0 Å². The summed E-state index contributed by atoms with van der Waals surface area (Å²) in [6.07, 6.45) is 7.04. The molecule has 6 atom stereocenters. The number of hydrogen-bond acceptors (Lipinski definition) is 5. The van der Waals surface area contributed by atoms with Crippen molar-refractivity contribution in [3.05, 3.63) is 125 Å². The van der Waals surface area contributed by atoms with E-state index in [0.717, 1.165) is 11.1 Å². The van der Waals surface area contributed by atoms with E-state index in [1.54, 1.807) is 34.1 Å². The molecule has 0 radical (unpaired) electrons. The van der Waals surface area contributed by atoms with Gasteiger partial charge in [0.1, 0.15) is 11.6 Å². The molecular formula is C36H34ClN3O5. The van der Waals surface area contributed by atoms with Crippen LogP contribution >= 0.6 is 11.6 Å². The van der Waals surface area contributed by atoms with Crippen LogP contribution in [0.2, 0.25) is 5.02 Å². The fraction of sp³-hybridized carbons (Fsp3) is 0.306. The Balaban J connectivity index is 1.32. The van der Waals surface area contributed by atoms with Crippen LogP contribution < -0.4 is 4.90 Å². The topological polar surface area (TPSA) is 90.4 Å². The predicted molar refractivity (Wildman–Crippen MR) is 170 cm³/mol. The summed E-state index contributed by atoms with van der Waals surface area (Å²) in [6, 6.07) is 24.5. The van der Waals surface area contributed by atoms with Crippen LogP contribution in [0.3, 0.4) is 0 Å². The summed E-state index contributed by atoms with van der Waals surface area (Å²) in [4.78, 5) is 48.7. The minimum Gasteiger partial charge on any atom is -0.394 e. The molecule has 3 aromatic rings. The molecule has 1 spiro atoms. The van der Waals surface area contributed by atoms with Crippen LogP contribution in [0, 0.1) is 11.8 Å². The molecule has 2 saturated heterocycles. The van der Waals surface area contributed by atoms with Gasteiger partial charge in [0.25, 0.3) is 5.91 Å². The quantitative estimate of drug-likeness (QED) is 0.402. The number of amides is 3. The zero-order valence-corrected chi connectivity index (χ0v) is 25.4. The van der Waals surface area contributed by atoms with E-state index in [0.29, 0.717) is 30.2 Å². The van der Waals surface area contributed by atoms with Crippen LogP contribution in [-0.4, -0.2) is 76.1 Å². The number of fused-ring (bicyclic) bond motifs is 2. The van der Waals surface area contributed by atoms with Gasteiger partial charge in [-0.05, 0) is 29.7 Å². The summed E-state index contributed by atoms with van der Waals surface area (Å²) >= 11 is 6.58. The third-order valence-corrected chi connectivity index (χ3v) is 9.78. The lowest BCUT2D eigenvalue weighted by atomic mass is 9.77. The van der Waals surface area contributed by atoms with E-state index < -0.39 is 35.6 Å². The highest BCUT2D eigenvalue weighted by molar-refractivity contribution is 6.34. The van der Waals surface area contributed by atoms with Crippen molar-refractivity contribution in [2.75, 3.05) is 24.6 Å². The maximum absolute atomic E-state index is 14.8. The Morgan fingerprint density at radius 3 is 2.24 bits per heavy atom. The van der Waals surface area contributed by atoms with E-state index >= 15 is 0 Å². The number of aliphatic hydroxyl groups is 1. The van der Waals surface area contributed by atoms with E-state index in [-0.39, 0.29) is 30.9 Å². The van der Waals surface area contributed by atoms with Gasteiger partial charge in [0, 0.05) is 19.6 Å². The minimum atomic E-state index is -1.42. The maximum Gasteiger partial charge on any atom is 0.253 e. The Morgan fingerprint density at radius 2 is 1.53 bits per heavy atom. The van der Waals surface area contributed by atoms with Gasteiger partial charge in [-0.25, -0.2) is 0 Å². The Kier molecular flexibility index (Phi) is 7.81. The van der Waals surface area contributed by atoms with Crippen molar-refractivity contribution < 1.29 is 24.2 Å². The molecule has 7 rings (SSSR count). The van der Waals surface area contributed by atoms with Gasteiger partial charge in [-0.3, -0.25) is 14.4 Å². The highest BCUT2D eigenvalue weighted by Gasteiger charge is 2.72. The first kappa shape index (κ1) is 29.5. The fourth-order valence-electron chi connectivity index (χ4n) is 7.49. The molecule has 3 aromatic carbocycles. The van der Waals surface area contributed by atoms with E-state index in [1.807, 2.05) is 85.0 Å². The highest BCUT2D eigenvalue weighted by Crippen LogP contribution is 2.54. The number of para-hydroxylation sites is 1. The molecule has 4 heterocycles. The first-order valence-electron chi connectivity index (χ1n) is 15.3. The molecule has 1 unspecified atom stereocenters. The van der Waals surface area contributed by atoms with Crippen molar-refractivity contribution in [3.63, 3.8) is 0 Å². The summed E-state index contributed by atoms with van der Waals surface area (Å²) in [5.41, 5.74) is 0.991. The lowest BCUT2D eigenvalue weighted by Gasteiger charge is -2.38. The third-order valence-electron chi connectivity index (χ3n) is 9.46. The normalized spacial score (nSPS) is 28.0. The fourth-order valence-corrected chi connectivity index (χ4v) is 7.73. The van der Waals surface area contributed by atoms with Gasteiger partial charge in [0.2, 0.25) is 11.8 Å². The van der Waals surface area contributed by atoms with Gasteiger partial charge in [-0.15, -0.1) is 0 Å². The third kappa shape index (κ3) is 4.97. The monoisotopic (exact) mass is 623 g/mol. The van der Waals surface area contributed by atoms with Crippen molar-refractivity contribution in [3.8, 4) is 0 Å². The molecule has 8 nitrogen and oxygen atoms in total. The van der Waals surface area contributed by atoms with Crippen LogP contribution in [0.25, 0.3) is 0 Å². The number of likely N-dealkylation sites (tertiary alicyclic amines) is 1. The summed E-state index contributed by atoms with van der Waals surface area (Å²) in [7, 11) is 0. The summed E-state index contributed by atoms with van der Waals surface area (Å²) in [5, 5.41) is 11.2. The van der Waals surface area contributed by atoms with Gasteiger partial charge < -0.3 is 24.5 Å². The van der Waals surface area contributed by atoms with Crippen LogP contribution in [0.4, 0.5) is 5.69 Å². The second-order valence-corrected chi connectivity index (χ2v) is 12.5. The number of nitrogens with zero attached hydrogens (tertiary/aromatic N) is 3. The molecule has 9 heteroatoms. The number of carbonyl (C=O) groups excluding carboxylic acids is 3. The minimum absolute atomic E-state index is 0.193. The average Bonchev–Trinajstić information content (AvgIpc) is 3.38. The van der Waals surface area contributed by atoms with Crippen LogP contribution in [0.5, 0.6) is 0 Å². The molecule has 1 N–H and O–H groups in total. The maximum atomic E-state index is 14.8. The first-order valence-corrected chi connectivity index (χ1v) is 15.7. The largest absolute Gasteiger partial charge is 0.394 e. The standard InChI is InChI=1S/C36H34ClN3O5/c37-27-15-7-8-16-28(27)39-20-10-18-36-31(30-29(45-36)17-9-19-38(33(30)42)22-25-13-5-2-6-14-25)34(43)40(32(36)35(39)44)26(23-41)21-24-11-3-1-4-12-24/h1-18,26,29-32,41H,19-23H2/t26-,29-,30+,31+,32?,36+/m1/s1. The van der Waals surface area contributed by atoms with E-state index in [1.165, 1.54) is 4.90 Å².